The topological polar surface area (TPSA) is 12.5 Å². The van der Waals surface area contributed by atoms with Crippen molar-refractivity contribution in [1.29, 1.82) is 0 Å². The van der Waals surface area contributed by atoms with Crippen molar-refractivity contribution in [3.63, 3.8) is 0 Å². The molecule has 0 bridgehead atoms. The maximum Gasteiger partial charge on any atom is 0.0593 e. The van der Waals surface area contributed by atoms with Gasteiger partial charge in [-0.2, -0.15) is 0 Å². The molecular weight excluding hydrogens is 138 g/mol. The lowest BCUT2D eigenvalue weighted by Gasteiger charge is -2.25. The Morgan fingerprint density at radius 3 is 2.82 bits per heavy atom. The Kier molecular flexibility index (Phi) is 3.34. The van der Waals surface area contributed by atoms with E-state index in [-0.39, 0.29) is 0 Å². The van der Waals surface area contributed by atoms with Crippen molar-refractivity contribution in [3.05, 3.63) is 0 Å². The van der Waals surface area contributed by atoms with Gasteiger partial charge in [0.15, 0.2) is 0 Å². The second-order valence-electron chi connectivity index (χ2n) is 3.77. The second kappa shape index (κ2) is 4.07. The number of hydrogen-bond acceptors (Lipinski definition) is 2. The Bertz CT molecular complexity index is 114. The van der Waals surface area contributed by atoms with Gasteiger partial charge in [0, 0.05) is 19.1 Å². The Morgan fingerprint density at radius 2 is 2.18 bits per heavy atom. The van der Waals surface area contributed by atoms with E-state index in [4.69, 9.17) is 4.74 Å². The van der Waals surface area contributed by atoms with Crippen LogP contribution >= 0.6 is 0 Å². The summed E-state index contributed by atoms with van der Waals surface area (Å²) in [4.78, 5) is 2.48. The predicted octanol–water partition coefficient (Wildman–Crippen LogP) is 1.36. The molecule has 0 saturated carbocycles. The zero-order chi connectivity index (χ0) is 8.27. The van der Waals surface area contributed by atoms with E-state index < -0.39 is 0 Å². The average molecular weight is 157 g/mol. The third-order valence-corrected chi connectivity index (χ3v) is 2.20. The van der Waals surface area contributed by atoms with Crippen LogP contribution in [0.4, 0.5) is 0 Å². The molecule has 0 aliphatic carbocycles. The largest absolute Gasteiger partial charge is 0.380 e. The van der Waals surface area contributed by atoms with Crippen LogP contribution in [0.1, 0.15) is 20.8 Å². The minimum absolute atomic E-state index is 0.666. The minimum Gasteiger partial charge on any atom is -0.380 e. The normalized spacial score (nSPS) is 28.9. The van der Waals surface area contributed by atoms with Crippen LogP contribution in [0.5, 0.6) is 0 Å². The van der Waals surface area contributed by atoms with E-state index in [1.165, 1.54) is 6.54 Å². The van der Waals surface area contributed by atoms with E-state index in [1.807, 2.05) is 0 Å². The SMILES string of the molecule is CC(C)N1CCOC[C@H](C)C1. The van der Waals surface area contributed by atoms with Crippen molar-refractivity contribution < 1.29 is 4.74 Å². The third-order valence-electron chi connectivity index (χ3n) is 2.20. The average Bonchev–Trinajstić information content (AvgIpc) is 2.13. The van der Waals surface area contributed by atoms with Gasteiger partial charge in [-0.3, -0.25) is 4.90 Å². The fourth-order valence-electron chi connectivity index (χ4n) is 1.48. The highest BCUT2D eigenvalue weighted by molar-refractivity contribution is 4.68. The third kappa shape index (κ3) is 2.80. The molecule has 0 aromatic rings. The highest BCUT2D eigenvalue weighted by atomic mass is 16.5. The van der Waals surface area contributed by atoms with Crippen LogP contribution < -0.4 is 0 Å². The van der Waals surface area contributed by atoms with Gasteiger partial charge in [0.25, 0.3) is 0 Å². The first kappa shape index (κ1) is 9.01. The highest BCUT2D eigenvalue weighted by Gasteiger charge is 2.16. The Morgan fingerprint density at radius 1 is 1.45 bits per heavy atom. The molecule has 1 atom stereocenters. The molecule has 66 valence electrons. The van der Waals surface area contributed by atoms with Crippen molar-refractivity contribution in [2.24, 2.45) is 5.92 Å². The van der Waals surface area contributed by atoms with Crippen LogP contribution in [0, 0.1) is 5.92 Å². The predicted molar refractivity (Wildman–Crippen MR) is 46.7 cm³/mol. The number of nitrogens with zero attached hydrogens (tertiary/aromatic N) is 1. The Balaban J connectivity index is 2.39. The summed E-state index contributed by atoms with van der Waals surface area (Å²) in [7, 11) is 0. The molecule has 11 heavy (non-hydrogen) atoms. The smallest absolute Gasteiger partial charge is 0.0593 e. The lowest BCUT2D eigenvalue weighted by atomic mass is 10.1. The lowest BCUT2D eigenvalue weighted by Crippen LogP contribution is -2.35. The van der Waals surface area contributed by atoms with Gasteiger partial charge in [-0.1, -0.05) is 6.92 Å². The molecule has 1 heterocycles. The molecule has 0 aromatic heterocycles. The molecule has 0 spiro atoms. The van der Waals surface area contributed by atoms with Gasteiger partial charge >= 0.3 is 0 Å². The minimum atomic E-state index is 0.666. The molecule has 1 aliphatic rings. The zero-order valence-electron chi connectivity index (χ0n) is 7.84. The summed E-state index contributed by atoms with van der Waals surface area (Å²) in [6.45, 7) is 10.9. The summed E-state index contributed by atoms with van der Waals surface area (Å²) >= 11 is 0. The first-order valence-corrected chi connectivity index (χ1v) is 4.52. The monoisotopic (exact) mass is 157 g/mol. The van der Waals surface area contributed by atoms with Crippen molar-refractivity contribution >= 4 is 0 Å². The van der Waals surface area contributed by atoms with Crippen LogP contribution in [0.25, 0.3) is 0 Å². The van der Waals surface area contributed by atoms with E-state index in [2.05, 4.69) is 25.7 Å². The number of hydrogen-bond donors (Lipinski definition) is 0. The molecule has 0 aromatic carbocycles. The van der Waals surface area contributed by atoms with Crippen LogP contribution in [0.3, 0.4) is 0 Å². The molecule has 0 N–H and O–H groups in total. The molecule has 2 nitrogen and oxygen atoms in total. The second-order valence-corrected chi connectivity index (χ2v) is 3.77. The molecule has 0 unspecified atom stereocenters. The summed E-state index contributed by atoms with van der Waals surface area (Å²) in [6, 6.07) is 0.666. The van der Waals surface area contributed by atoms with E-state index in [0.717, 1.165) is 19.8 Å². The van der Waals surface area contributed by atoms with Crippen LogP contribution in [-0.4, -0.2) is 37.2 Å². The summed E-state index contributed by atoms with van der Waals surface area (Å²) in [5.41, 5.74) is 0. The Labute approximate surface area is 69.5 Å². The fourth-order valence-corrected chi connectivity index (χ4v) is 1.48. The van der Waals surface area contributed by atoms with Crippen LogP contribution in [0.15, 0.2) is 0 Å². The van der Waals surface area contributed by atoms with Gasteiger partial charge in [0.05, 0.1) is 13.2 Å². The quantitative estimate of drug-likeness (QED) is 0.570. The maximum atomic E-state index is 5.45. The van der Waals surface area contributed by atoms with E-state index in [9.17, 15) is 0 Å². The molecular formula is C9H19NO. The van der Waals surface area contributed by atoms with Crippen molar-refractivity contribution in [3.8, 4) is 0 Å². The van der Waals surface area contributed by atoms with Gasteiger partial charge in [0.2, 0.25) is 0 Å². The molecule has 1 aliphatic heterocycles. The maximum absolute atomic E-state index is 5.45. The summed E-state index contributed by atoms with van der Waals surface area (Å²) in [5, 5.41) is 0. The molecule has 0 radical (unpaired) electrons. The van der Waals surface area contributed by atoms with Gasteiger partial charge in [-0.15, -0.1) is 0 Å². The van der Waals surface area contributed by atoms with Gasteiger partial charge in [-0.05, 0) is 19.8 Å². The Hall–Kier alpha value is -0.0800. The molecule has 1 saturated heterocycles. The van der Waals surface area contributed by atoms with Crippen molar-refractivity contribution in [1.82, 2.24) is 4.90 Å². The van der Waals surface area contributed by atoms with Crippen molar-refractivity contribution in [2.45, 2.75) is 26.8 Å². The molecule has 1 fully saturated rings. The van der Waals surface area contributed by atoms with Crippen LogP contribution in [-0.2, 0) is 4.74 Å². The first-order valence-electron chi connectivity index (χ1n) is 4.52. The van der Waals surface area contributed by atoms with Gasteiger partial charge < -0.3 is 4.74 Å². The van der Waals surface area contributed by atoms with Gasteiger partial charge in [0.1, 0.15) is 0 Å². The summed E-state index contributed by atoms with van der Waals surface area (Å²) in [5.74, 6) is 0.694. The lowest BCUT2D eigenvalue weighted by molar-refractivity contribution is 0.124. The molecule has 0 amide bonds. The fraction of sp³-hybridized carbons (Fsp3) is 1.00. The first-order chi connectivity index (χ1) is 5.20. The van der Waals surface area contributed by atoms with Gasteiger partial charge in [-0.25, -0.2) is 0 Å². The molecule has 2 heteroatoms. The summed E-state index contributed by atoms with van der Waals surface area (Å²) in [6.07, 6.45) is 0. The number of rotatable bonds is 1. The van der Waals surface area contributed by atoms with Crippen LogP contribution in [0.2, 0.25) is 0 Å². The standard InChI is InChI=1S/C9H19NO/c1-8(2)10-4-5-11-7-9(3)6-10/h8-9H,4-7H2,1-3H3/t9-/m1/s1. The van der Waals surface area contributed by atoms with E-state index in [1.54, 1.807) is 0 Å². The summed E-state index contributed by atoms with van der Waals surface area (Å²) < 4.78 is 5.45. The zero-order valence-corrected chi connectivity index (χ0v) is 7.84. The highest BCUT2D eigenvalue weighted by Crippen LogP contribution is 2.08. The molecule has 1 rings (SSSR count). The number of ether oxygens (including phenoxy) is 1. The van der Waals surface area contributed by atoms with E-state index in [0.29, 0.717) is 12.0 Å². The van der Waals surface area contributed by atoms with E-state index >= 15 is 0 Å². The van der Waals surface area contributed by atoms with Crippen molar-refractivity contribution in [2.75, 3.05) is 26.3 Å².